The summed E-state index contributed by atoms with van der Waals surface area (Å²) in [6.07, 6.45) is 1.72. The number of nitrogens with zero attached hydrogens (tertiary/aromatic N) is 1. The molecule has 0 aromatic rings. The summed E-state index contributed by atoms with van der Waals surface area (Å²) in [5, 5.41) is 9.03. The molecule has 1 heterocycles. The Labute approximate surface area is 98.1 Å². The summed E-state index contributed by atoms with van der Waals surface area (Å²) in [7, 11) is 2.11. The topological polar surface area (TPSA) is 40.5 Å². The van der Waals surface area contributed by atoms with Gasteiger partial charge in [0.15, 0.2) is 0 Å². The lowest BCUT2D eigenvalue weighted by atomic mass is 9.71. The second-order valence-electron chi connectivity index (χ2n) is 6.12. The van der Waals surface area contributed by atoms with Crippen LogP contribution >= 0.6 is 0 Å². The fourth-order valence-electron chi connectivity index (χ4n) is 2.79. The van der Waals surface area contributed by atoms with Crippen LogP contribution in [-0.2, 0) is 4.79 Å². The second-order valence-corrected chi connectivity index (χ2v) is 6.12. The zero-order valence-electron chi connectivity index (χ0n) is 11.0. The van der Waals surface area contributed by atoms with Gasteiger partial charge in [0.05, 0.1) is 0 Å². The van der Waals surface area contributed by atoms with Crippen LogP contribution in [0.3, 0.4) is 0 Å². The van der Waals surface area contributed by atoms with E-state index in [0.29, 0.717) is 5.57 Å². The van der Waals surface area contributed by atoms with Crippen LogP contribution in [-0.4, -0.2) is 34.1 Å². The summed E-state index contributed by atoms with van der Waals surface area (Å²) in [6, 6.07) is 0. The first kappa shape index (κ1) is 13.2. The smallest absolute Gasteiger partial charge is 0.331 e. The third-order valence-electron chi connectivity index (χ3n) is 4.08. The molecule has 1 N–H and O–H groups in total. The maximum absolute atomic E-state index is 11.0. The van der Waals surface area contributed by atoms with Gasteiger partial charge >= 0.3 is 5.97 Å². The van der Waals surface area contributed by atoms with Crippen LogP contribution < -0.4 is 0 Å². The number of hydrogen-bond donors (Lipinski definition) is 1. The van der Waals surface area contributed by atoms with Crippen molar-refractivity contribution in [3.63, 3.8) is 0 Å². The molecule has 0 amide bonds. The molecule has 16 heavy (non-hydrogen) atoms. The molecule has 0 aromatic heterocycles. The highest BCUT2D eigenvalue weighted by Crippen LogP contribution is 2.42. The summed E-state index contributed by atoms with van der Waals surface area (Å²) >= 11 is 0. The van der Waals surface area contributed by atoms with Gasteiger partial charge < -0.3 is 5.11 Å². The van der Waals surface area contributed by atoms with Crippen LogP contribution in [0, 0.1) is 5.92 Å². The van der Waals surface area contributed by atoms with Crippen molar-refractivity contribution in [2.24, 2.45) is 5.92 Å². The van der Waals surface area contributed by atoms with E-state index in [9.17, 15) is 4.79 Å². The van der Waals surface area contributed by atoms with E-state index >= 15 is 0 Å². The first-order valence-corrected chi connectivity index (χ1v) is 5.74. The lowest BCUT2D eigenvalue weighted by Gasteiger charge is -2.53. The largest absolute Gasteiger partial charge is 0.478 e. The van der Waals surface area contributed by atoms with E-state index in [1.165, 1.54) is 0 Å². The van der Waals surface area contributed by atoms with Crippen LogP contribution in [0.4, 0.5) is 0 Å². The molecule has 1 saturated heterocycles. The molecule has 3 nitrogen and oxygen atoms in total. The van der Waals surface area contributed by atoms with Gasteiger partial charge in [0.25, 0.3) is 0 Å². The number of carbonyl (C=O) groups is 1. The van der Waals surface area contributed by atoms with Gasteiger partial charge in [0.2, 0.25) is 0 Å². The summed E-state index contributed by atoms with van der Waals surface area (Å²) in [5.74, 6) is -0.778. The Balaban J connectivity index is 2.95. The number of aliphatic carboxylic acids is 1. The van der Waals surface area contributed by atoms with Crippen LogP contribution in [0.15, 0.2) is 12.2 Å². The Morgan fingerprint density at radius 3 is 1.94 bits per heavy atom. The van der Waals surface area contributed by atoms with Gasteiger partial charge in [0.1, 0.15) is 0 Å². The summed E-state index contributed by atoms with van der Waals surface area (Å²) in [4.78, 5) is 13.3. The Morgan fingerprint density at radius 1 is 1.25 bits per heavy atom. The van der Waals surface area contributed by atoms with Gasteiger partial charge in [-0.25, -0.2) is 4.79 Å². The molecule has 1 fully saturated rings. The maximum Gasteiger partial charge on any atom is 0.331 e. The van der Waals surface area contributed by atoms with Gasteiger partial charge in [0, 0.05) is 16.7 Å². The van der Waals surface area contributed by atoms with Crippen molar-refractivity contribution in [1.29, 1.82) is 0 Å². The van der Waals surface area contributed by atoms with Gasteiger partial charge in [-0.15, -0.1) is 0 Å². The molecule has 0 aromatic carbocycles. The summed E-state index contributed by atoms with van der Waals surface area (Å²) < 4.78 is 0. The first-order chi connectivity index (χ1) is 7.08. The van der Waals surface area contributed by atoms with E-state index in [0.717, 1.165) is 12.8 Å². The highest BCUT2D eigenvalue weighted by Gasteiger charge is 2.44. The molecule has 0 saturated carbocycles. The molecule has 1 rings (SSSR count). The van der Waals surface area contributed by atoms with E-state index in [1.54, 1.807) is 0 Å². The van der Waals surface area contributed by atoms with E-state index in [2.05, 4.69) is 46.2 Å². The molecule has 0 atom stereocenters. The number of piperidine rings is 1. The SMILES string of the molecule is C=C(C(=O)O)C1CC(C)(C)N(C)C(C)(C)C1. The minimum absolute atomic E-state index is 0.0187. The van der Waals surface area contributed by atoms with Crippen molar-refractivity contribution in [2.75, 3.05) is 7.05 Å². The Hall–Kier alpha value is -0.830. The Bertz CT molecular complexity index is 300. The van der Waals surface area contributed by atoms with Gasteiger partial charge in [-0.1, -0.05) is 6.58 Å². The zero-order valence-corrected chi connectivity index (χ0v) is 11.0. The van der Waals surface area contributed by atoms with Gasteiger partial charge in [-0.3, -0.25) is 4.90 Å². The number of likely N-dealkylation sites (tertiary alicyclic amines) is 1. The van der Waals surface area contributed by atoms with Crippen LogP contribution in [0.5, 0.6) is 0 Å². The van der Waals surface area contributed by atoms with Crippen molar-refractivity contribution >= 4 is 5.97 Å². The number of carboxylic acid groups (broad SMARTS) is 1. The molecule has 0 spiro atoms. The summed E-state index contributed by atoms with van der Waals surface area (Å²) in [5.41, 5.74) is 0.393. The third kappa shape index (κ3) is 2.29. The van der Waals surface area contributed by atoms with Crippen LogP contribution in [0.25, 0.3) is 0 Å². The maximum atomic E-state index is 11.0. The van der Waals surface area contributed by atoms with Crippen molar-refractivity contribution in [3.05, 3.63) is 12.2 Å². The number of rotatable bonds is 2. The van der Waals surface area contributed by atoms with E-state index in [1.807, 2.05) is 0 Å². The van der Waals surface area contributed by atoms with Gasteiger partial charge in [-0.05, 0) is 53.5 Å². The van der Waals surface area contributed by atoms with E-state index in [4.69, 9.17) is 5.11 Å². The molecule has 3 heteroatoms. The minimum atomic E-state index is -0.860. The monoisotopic (exact) mass is 225 g/mol. The standard InChI is InChI=1S/C13H23NO2/c1-9(11(15)16)10-7-12(2,3)14(6)13(4,5)8-10/h10H,1,7-8H2,2-6H3,(H,15,16). The fraction of sp³-hybridized carbons (Fsp3) is 0.769. The zero-order chi connectivity index (χ0) is 12.7. The number of carboxylic acids is 1. The highest BCUT2D eigenvalue weighted by atomic mass is 16.4. The van der Waals surface area contributed by atoms with Gasteiger partial charge in [-0.2, -0.15) is 0 Å². The number of hydrogen-bond acceptors (Lipinski definition) is 2. The predicted octanol–water partition coefficient (Wildman–Crippen LogP) is 2.53. The lowest BCUT2D eigenvalue weighted by molar-refractivity contribution is -0.134. The average Bonchev–Trinajstić information content (AvgIpc) is 2.11. The van der Waals surface area contributed by atoms with Crippen molar-refractivity contribution < 1.29 is 9.90 Å². The first-order valence-electron chi connectivity index (χ1n) is 5.74. The molecule has 0 unspecified atom stereocenters. The van der Waals surface area contributed by atoms with Crippen LogP contribution in [0.1, 0.15) is 40.5 Å². The molecule has 0 radical (unpaired) electrons. The van der Waals surface area contributed by atoms with Crippen molar-refractivity contribution in [3.8, 4) is 0 Å². The quantitative estimate of drug-likeness (QED) is 0.734. The molecule has 1 aliphatic rings. The molecule has 0 aliphatic carbocycles. The van der Waals surface area contributed by atoms with Crippen LogP contribution in [0.2, 0.25) is 0 Å². The fourth-order valence-corrected chi connectivity index (χ4v) is 2.79. The van der Waals surface area contributed by atoms with Crippen molar-refractivity contribution in [1.82, 2.24) is 4.90 Å². The Morgan fingerprint density at radius 2 is 1.62 bits per heavy atom. The molecule has 1 aliphatic heterocycles. The predicted molar refractivity (Wildman–Crippen MR) is 65.4 cm³/mol. The third-order valence-corrected chi connectivity index (χ3v) is 4.08. The van der Waals surface area contributed by atoms with E-state index < -0.39 is 5.97 Å². The average molecular weight is 225 g/mol. The second kappa shape index (κ2) is 3.88. The highest BCUT2D eigenvalue weighted by molar-refractivity contribution is 5.86. The lowest BCUT2D eigenvalue weighted by Crippen LogP contribution is -2.58. The molecular weight excluding hydrogens is 202 g/mol. The molecule has 92 valence electrons. The molecular formula is C13H23NO2. The van der Waals surface area contributed by atoms with Crippen molar-refractivity contribution in [2.45, 2.75) is 51.6 Å². The van der Waals surface area contributed by atoms with E-state index in [-0.39, 0.29) is 17.0 Å². The molecule has 0 bridgehead atoms. The Kier molecular flexibility index (Phi) is 3.21. The normalized spacial score (nSPS) is 25.3. The summed E-state index contributed by atoms with van der Waals surface area (Å²) in [6.45, 7) is 12.4. The minimum Gasteiger partial charge on any atom is -0.478 e.